The molecule has 6 heteroatoms. The topological polar surface area (TPSA) is 92.4 Å². The number of carboxylic acids is 1. The molecule has 0 fully saturated rings. The van der Waals surface area contributed by atoms with Crippen LogP contribution in [0.15, 0.2) is 35.1 Å². The van der Waals surface area contributed by atoms with Gasteiger partial charge in [0.05, 0.1) is 11.3 Å². The zero-order chi connectivity index (χ0) is 13.8. The highest BCUT2D eigenvalue weighted by molar-refractivity contribution is 5.92. The third-order valence-corrected chi connectivity index (χ3v) is 2.58. The van der Waals surface area contributed by atoms with Crippen LogP contribution in [0.1, 0.15) is 32.2 Å². The minimum atomic E-state index is -1.00. The molecular formula is C13H12N2O4. The number of aromatic nitrogens is 1. The predicted octanol–water partition coefficient (Wildman–Crippen LogP) is 1.61. The van der Waals surface area contributed by atoms with Crippen molar-refractivity contribution in [2.45, 2.75) is 13.5 Å². The van der Waals surface area contributed by atoms with E-state index < -0.39 is 5.97 Å². The Morgan fingerprint density at radius 1 is 1.42 bits per heavy atom. The third-order valence-electron chi connectivity index (χ3n) is 2.58. The number of carbonyl (C=O) groups is 2. The number of rotatable bonds is 4. The van der Waals surface area contributed by atoms with Crippen molar-refractivity contribution in [3.63, 3.8) is 0 Å². The summed E-state index contributed by atoms with van der Waals surface area (Å²) in [5.74, 6) is -1.22. The van der Waals surface area contributed by atoms with E-state index in [0.717, 1.165) is 0 Å². The van der Waals surface area contributed by atoms with Crippen molar-refractivity contribution in [3.05, 3.63) is 53.2 Å². The molecule has 0 unspecified atom stereocenters. The van der Waals surface area contributed by atoms with E-state index in [1.807, 2.05) is 0 Å². The first-order valence-corrected chi connectivity index (χ1v) is 5.58. The monoisotopic (exact) mass is 260 g/mol. The predicted molar refractivity (Wildman–Crippen MR) is 65.8 cm³/mol. The number of carboxylic acid groups (broad SMARTS) is 1. The van der Waals surface area contributed by atoms with Crippen molar-refractivity contribution in [2.24, 2.45) is 0 Å². The highest BCUT2D eigenvalue weighted by Gasteiger charge is 2.13. The van der Waals surface area contributed by atoms with E-state index in [9.17, 15) is 9.59 Å². The Bertz CT molecular complexity index is 619. The standard InChI is InChI=1S/C13H12N2O4/c1-8-11(19-7-15-8)12(16)14-6-9-3-2-4-10(5-9)13(17)18/h2-5,7H,6H2,1H3,(H,14,16)(H,17,18). The van der Waals surface area contributed by atoms with Crippen LogP contribution in [-0.4, -0.2) is 22.0 Å². The van der Waals surface area contributed by atoms with Gasteiger partial charge >= 0.3 is 5.97 Å². The molecule has 1 aromatic carbocycles. The minimum absolute atomic E-state index is 0.161. The molecule has 0 bridgehead atoms. The molecule has 1 amide bonds. The summed E-state index contributed by atoms with van der Waals surface area (Å²) in [5, 5.41) is 11.5. The molecule has 0 atom stereocenters. The second-order valence-corrected chi connectivity index (χ2v) is 3.96. The van der Waals surface area contributed by atoms with Gasteiger partial charge < -0.3 is 14.8 Å². The average Bonchev–Trinajstić information content (AvgIpc) is 2.82. The van der Waals surface area contributed by atoms with Gasteiger partial charge in [-0.2, -0.15) is 0 Å². The molecule has 19 heavy (non-hydrogen) atoms. The molecule has 0 saturated carbocycles. The van der Waals surface area contributed by atoms with Crippen LogP contribution in [0, 0.1) is 6.92 Å². The van der Waals surface area contributed by atoms with Gasteiger partial charge in [-0.1, -0.05) is 12.1 Å². The summed E-state index contributed by atoms with van der Waals surface area (Å²) in [4.78, 5) is 26.4. The van der Waals surface area contributed by atoms with Crippen LogP contribution < -0.4 is 5.32 Å². The van der Waals surface area contributed by atoms with Crippen LogP contribution in [0.2, 0.25) is 0 Å². The van der Waals surface area contributed by atoms with E-state index in [-0.39, 0.29) is 23.8 Å². The Hall–Kier alpha value is -2.63. The van der Waals surface area contributed by atoms with Crippen molar-refractivity contribution < 1.29 is 19.1 Å². The Balaban J connectivity index is 2.03. The number of amides is 1. The van der Waals surface area contributed by atoms with Crippen molar-refractivity contribution in [1.82, 2.24) is 10.3 Å². The van der Waals surface area contributed by atoms with Crippen LogP contribution >= 0.6 is 0 Å². The lowest BCUT2D eigenvalue weighted by Crippen LogP contribution is -2.23. The molecule has 98 valence electrons. The van der Waals surface area contributed by atoms with Crippen LogP contribution in [0.4, 0.5) is 0 Å². The molecule has 1 heterocycles. The molecule has 6 nitrogen and oxygen atoms in total. The first-order chi connectivity index (χ1) is 9.08. The van der Waals surface area contributed by atoms with Crippen molar-refractivity contribution in [3.8, 4) is 0 Å². The molecule has 1 aromatic heterocycles. The Morgan fingerprint density at radius 2 is 2.21 bits per heavy atom. The van der Waals surface area contributed by atoms with Gasteiger partial charge in [-0.15, -0.1) is 0 Å². The zero-order valence-electron chi connectivity index (χ0n) is 10.2. The van der Waals surface area contributed by atoms with Crippen molar-refractivity contribution in [2.75, 3.05) is 0 Å². The number of aryl methyl sites for hydroxylation is 1. The number of oxazole rings is 1. The van der Waals surface area contributed by atoms with E-state index in [4.69, 9.17) is 9.52 Å². The van der Waals surface area contributed by atoms with E-state index >= 15 is 0 Å². The maximum absolute atomic E-state index is 11.8. The van der Waals surface area contributed by atoms with E-state index in [2.05, 4.69) is 10.3 Å². The van der Waals surface area contributed by atoms with E-state index in [0.29, 0.717) is 11.3 Å². The number of nitrogens with one attached hydrogen (secondary N) is 1. The fraction of sp³-hybridized carbons (Fsp3) is 0.154. The molecule has 2 aromatic rings. The Labute approximate surface area is 109 Å². The van der Waals surface area contributed by atoms with Crippen molar-refractivity contribution >= 4 is 11.9 Å². The lowest BCUT2D eigenvalue weighted by Gasteiger charge is -2.04. The van der Waals surface area contributed by atoms with E-state index in [1.54, 1.807) is 19.1 Å². The second kappa shape index (κ2) is 5.34. The zero-order valence-corrected chi connectivity index (χ0v) is 10.2. The average molecular weight is 260 g/mol. The third kappa shape index (κ3) is 2.98. The fourth-order valence-corrected chi connectivity index (χ4v) is 1.60. The van der Waals surface area contributed by atoms with Gasteiger partial charge in [0.15, 0.2) is 6.39 Å². The van der Waals surface area contributed by atoms with Gasteiger partial charge in [0, 0.05) is 6.54 Å². The van der Waals surface area contributed by atoms with Crippen LogP contribution in [0.25, 0.3) is 0 Å². The Kier molecular flexibility index (Phi) is 3.61. The maximum atomic E-state index is 11.8. The molecular weight excluding hydrogens is 248 g/mol. The highest BCUT2D eigenvalue weighted by atomic mass is 16.4. The number of hydrogen-bond donors (Lipinski definition) is 2. The van der Waals surface area contributed by atoms with Crippen LogP contribution in [0.3, 0.4) is 0 Å². The number of carbonyl (C=O) groups excluding carboxylic acids is 1. The minimum Gasteiger partial charge on any atom is -0.478 e. The summed E-state index contributed by atoms with van der Waals surface area (Å²) in [6, 6.07) is 6.37. The molecule has 0 spiro atoms. The smallest absolute Gasteiger partial charge is 0.335 e. The largest absolute Gasteiger partial charge is 0.478 e. The molecule has 0 saturated heterocycles. The van der Waals surface area contributed by atoms with Crippen molar-refractivity contribution in [1.29, 1.82) is 0 Å². The van der Waals surface area contributed by atoms with E-state index in [1.165, 1.54) is 18.5 Å². The molecule has 0 aliphatic heterocycles. The fourth-order valence-electron chi connectivity index (χ4n) is 1.60. The first kappa shape index (κ1) is 12.8. The maximum Gasteiger partial charge on any atom is 0.335 e. The van der Waals surface area contributed by atoms with Gasteiger partial charge in [-0.3, -0.25) is 4.79 Å². The summed E-state index contributed by atoms with van der Waals surface area (Å²) < 4.78 is 4.96. The summed E-state index contributed by atoms with van der Waals surface area (Å²) in [5.41, 5.74) is 1.39. The van der Waals surface area contributed by atoms with Crippen LogP contribution in [-0.2, 0) is 6.54 Å². The molecule has 0 aliphatic carbocycles. The number of aromatic carboxylic acids is 1. The molecule has 2 rings (SSSR count). The molecule has 0 aliphatic rings. The first-order valence-electron chi connectivity index (χ1n) is 5.58. The number of hydrogen-bond acceptors (Lipinski definition) is 4. The second-order valence-electron chi connectivity index (χ2n) is 3.96. The number of nitrogens with zero attached hydrogens (tertiary/aromatic N) is 1. The van der Waals surface area contributed by atoms with Gasteiger partial charge in [0.2, 0.25) is 5.76 Å². The van der Waals surface area contributed by atoms with Gasteiger partial charge in [-0.25, -0.2) is 9.78 Å². The lowest BCUT2D eigenvalue weighted by atomic mass is 10.1. The van der Waals surface area contributed by atoms with Gasteiger partial charge in [0.1, 0.15) is 0 Å². The van der Waals surface area contributed by atoms with Gasteiger partial charge in [-0.05, 0) is 24.6 Å². The summed E-state index contributed by atoms with van der Waals surface area (Å²) in [6.45, 7) is 1.89. The Morgan fingerprint density at radius 3 is 2.84 bits per heavy atom. The quantitative estimate of drug-likeness (QED) is 0.871. The number of benzene rings is 1. The van der Waals surface area contributed by atoms with Crippen LogP contribution in [0.5, 0.6) is 0 Å². The van der Waals surface area contributed by atoms with Gasteiger partial charge in [0.25, 0.3) is 5.91 Å². The summed E-state index contributed by atoms with van der Waals surface area (Å²) >= 11 is 0. The SMILES string of the molecule is Cc1ncoc1C(=O)NCc1cccc(C(=O)O)c1. The highest BCUT2D eigenvalue weighted by Crippen LogP contribution is 2.07. The normalized spacial score (nSPS) is 10.2. The molecule has 0 radical (unpaired) electrons. The summed E-state index contributed by atoms with van der Waals surface area (Å²) in [7, 11) is 0. The molecule has 2 N–H and O–H groups in total. The summed E-state index contributed by atoms with van der Waals surface area (Å²) in [6.07, 6.45) is 1.20. The lowest BCUT2D eigenvalue weighted by molar-refractivity contribution is 0.0696.